The Labute approximate surface area is 237 Å². The molecule has 2 aromatic heterocycles. The summed E-state index contributed by atoms with van der Waals surface area (Å²) in [6.45, 7) is 3.82. The largest absolute Gasteiger partial charge is 0.508 e. The Morgan fingerprint density at radius 2 is 2.10 bits per heavy atom. The van der Waals surface area contributed by atoms with E-state index in [1.807, 2.05) is 20.2 Å². The number of hydrogen-bond donors (Lipinski definition) is 2. The van der Waals surface area contributed by atoms with Crippen molar-refractivity contribution >= 4 is 27.5 Å². The van der Waals surface area contributed by atoms with Crippen LogP contribution in [-0.2, 0) is 0 Å². The number of rotatable bonds is 6. The highest BCUT2D eigenvalue weighted by molar-refractivity contribution is 6.04. The highest BCUT2D eigenvalue weighted by Gasteiger charge is 2.44. The van der Waals surface area contributed by atoms with Crippen LogP contribution in [0.1, 0.15) is 18.4 Å². The van der Waals surface area contributed by atoms with E-state index in [4.69, 9.17) is 25.9 Å². The Hall–Kier alpha value is -4.20. The van der Waals surface area contributed by atoms with Crippen LogP contribution in [0.15, 0.2) is 30.3 Å². The Morgan fingerprint density at radius 1 is 1.24 bits per heavy atom. The monoisotopic (exact) mass is 554 g/mol. The molecular weight excluding hydrogens is 523 g/mol. The predicted molar refractivity (Wildman–Crippen MR) is 155 cm³/mol. The first-order chi connectivity index (χ1) is 19.9. The summed E-state index contributed by atoms with van der Waals surface area (Å²) in [6.07, 6.45) is 7.95. The number of anilines is 1. The van der Waals surface area contributed by atoms with Gasteiger partial charge in [0.05, 0.1) is 12.6 Å². The van der Waals surface area contributed by atoms with Gasteiger partial charge in [0.15, 0.2) is 5.82 Å². The second kappa shape index (κ2) is 9.72. The van der Waals surface area contributed by atoms with Gasteiger partial charge >= 0.3 is 6.01 Å². The van der Waals surface area contributed by atoms with Gasteiger partial charge in [0.1, 0.15) is 34.8 Å². The third-order valence-electron chi connectivity index (χ3n) is 8.24. The van der Waals surface area contributed by atoms with E-state index < -0.39 is 5.82 Å². The quantitative estimate of drug-likeness (QED) is 0.347. The van der Waals surface area contributed by atoms with Crippen LogP contribution in [0.4, 0.5) is 10.2 Å². The Bertz CT molecular complexity index is 1730. The molecule has 210 valence electrons. The van der Waals surface area contributed by atoms with Crippen LogP contribution in [0.3, 0.4) is 0 Å². The maximum Gasteiger partial charge on any atom is 0.319 e. The third kappa shape index (κ3) is 4.46. The van der Waals surface area contributed by atoms with Crippen molar-refractivity contribution in [2.75, 3.05) is 58.4 Å². The molecular formula is C31H31FN6O3. The minimum atomic E-state index is -0.650. The first-order valence-electron chi connectivity index (χ1n) is 13.9. The van der Waals surface area contributed by atoms with Gasteiger partial charge in [-0.05, 0) is 50.5 Å². The second-order valence-electron chi connectivity index (χ2n) is 11.6. The molecule has 1 atom stereocenters. The second-order valence-corrected chi connectivity index (χ2v) is 11.6. The molecule has 0 amide bonds. The molecule has 4 aromatic rings. The van der Waals surface area contributed by atoms with Crippen LogP contribution >= 0.6 is 0 Å². The van der Waals surface area contributed by atoms with Gasteiger partial charge in [0.2, 0.25) is 5.88 Å². The molecule has 0 spiro atoms. The smallest absolute Gasteiger partial charge is 0.319 e. The number of nitrogens with zero attached hydrogens (tertiary/aromatic N) is 5. The summed E-state index contributed by atoms with van der Waals surface area (Å²) in [6, 6.07) is 8.60. The molecule has 2 fully saturated rings. The highest BCUT2D eigenvalue weighted by atomic mass is 19.1. The summed E-state index contributed by atoms with van der Waals surface area (Å²) in [4.78, 5) is 18.4. The maximum atomic E-state index is 16.7. The number of phenolic OH excluding ortho intramolecular Hbond substituents is 1. The molecule has 4 heterocycles. The number of benzene rings is 2. The van der Waals surface area contributed by atoms with Crippen LogP contribution in [-0.4, -0.2) is 84.5 Å². The lowest BCUT2D eigenvalue weighted by Crippen LogP contribution is -2.53. The number of terminal acetylenes is 1. The summed E-state index contributed by atoms with van der Waals surface area (Å²) in [5.41, 5.74) is 1.04. The number of aromatic nitrogens is 3. The summed E-state index contributed by atoms with van der Waals surface area (Å²) in [5.74, 6) is 2.81. The standard InChI is InChI=1S/C31H31FN6O3/c1-4-18-6-5-7-19-12-21(39)13-22(23(18)19)26-25(32)27-24-28(38-11-10-33-14-20(38)15-40-29(24)34-26)36-30(35-27)41-17-31(8-9-31)16-37(2)3/h1,5-7,12-13,20,33,39H,8-11,14-17H2,2-3H3/t20-/m0/s1. The summed E-state index contributed by atoms with van der Waals surface area (Å²) < 4.78 is 29.2. The van der Waals surface area contributed by atoms with Crippen molar-refractivity contribution in [1.29, 1.82) is 0 Å². The molecule has 41 heavy (non-hydrogen) atoms. The molecule has 0 radical (unpaired) electrons. The number of hydrogen-bond acceptors (Lipinski definition) is 9. The molecule has 10 heteroatoms. The number of pyridine rings is 1. The van der Waals surface area contributed by atoms with Crippen molar-refractivity contribution < 1.29 is 19.0 Å². The minimum Gasteiger partial charge on any atom is -0.508 e. The molecule has 2 aromatic carbocycles. The van der Waals surface area contributed by atoms with Crippen molar-refractivity contribution in [2.24, 2.45) is 5.41 Å². The lowest BCUT2D eigenvalue weighted by Gasteiger charge is -2.35. The molecule has 9 nitrogen and oxygen atoms in total. The number of halogens is 1. The first-order valence-corrected chi connectivity index (χ1v) is 13.9. The summed E-state index contributed by atoms with van der Waals surface area (Å²) in [7, 11) is 4.10. The van der Waals surface area contributed by atoms with Gasteiger partial charge in [-0.15, -0.1) is 6.42 Å². The lowest BCUT2D eigenvalue weighted by molar-refractivity contribution is 0.183. The zero-order valence-electron chi connectivity index (χ0n) is 23.1. The van der Waals surface area contributed by atoms with Gasteiger partial charge < -0.3 is 29.7 Å². The molecule has 7 rings (SSSR count). The van der Waals surface area contributed by atoms with E-state index >= 15 is 4.39 Å². The van der Waals surface area contributed by atoms with Gasteiger partial charge in [-0.25, -0.2) is 9.37 Å². The number of fused-ring (bicyclic) bond motifs is 3. The van der Waals surface area contributed by atoms with Gasteiger partial charge in [-0.1, -0.05) is 18.1 Å². The molecule has 2 N–H and O–H groups in total. The van der Waals surface area contributed by atoms with E-state index in [0.29, 0.717) is 59.4 Å². The van der Waals surface area contributed by atoms with Crippen LogP contribution in [0.2, 0.25) is 0 Å². The topological polar surface area (TPSA) is 95.9 Å². The summed E-state index contributed by atoms with van der Waals surface area (Å²) in [5, 5.41) is 15.7. The fourth-order valence-electron chi connectivity index (χ4n) is 6.15. The van der Waals surface area contributed by atoms with E-state index in [2.05, 4.69) is 26.0 Å². The highest BCUT2D eigenvalue weighted by Crippen LogP contribution is 2.47. The van der Waals surface area contributed by atoms with Crippen LogP contribution < -0.4 is 19.7 Å². The Kier molecular flexibility index (Phi) is 6.10. The van der Waals surface area contributed by atoms with Gasteiger partial charge in [0, 0.05) is 48.1 Å². The fourth-order valence-corrected chi connectivity index (χ4v) is 6.15. The van der Waals surface area contributed by atoms with E-state index in [1.54, 1.807) is 18.2 Å². The fraction of sp³-hybridized carbons (Fsp3) is 0.387. The molecule has 0 unspecified atom stereocenters. The average molecular weight is 555 g/mol. The SMILES string of the molecule is C#Cc1cccc2cc(O)cc(-c3nc4c5c(nc(OCC6(CN(C)C)CC6)nc5c3F)N3CCNC[C@H]3CO4)c12. The Balaban J connectivity index is 1.44. The number of nitrogens with one attached hydrogen (secondary N) is 1. The third-order valence-corrected chi connectivity index (χ3v) is 8.24. The van der Waals surface area contributed by atoms with Crippen LogP contribution in [0.25, 0.3) is 32.9 Å². The maximum absolute atomic E-state index is 16.7. The van der Waals surface area contributed by atoms with Gasteiger partial charge in [-0.3, -0.25) is 0 Å². The van der Waals surface area contributed by atoms with Crippen molar-refractivity contribution in [3.8, 4) is 41.2 Å². The zero-order chi connectivity index (χ0) is 28.3. The molecule has 1 aliphatic carbocycles. The predicted octanol–water partition coefficient (Wildman–Crippen LogP) is 3.56. The van der Waals surface area contributed by atoms with Crippen LogP contribution in [0, 0.1) is 23.6 Å². The van der Waals surface area contributed by atoms with Crippen molar-refractivity contribution in [3.05, 3.63) is 41.7 Å². The number of phenols is 1. The Morgan fingerprint density at radius 3 is 2.88 bits per heavy atom. The van der Waals surface area contributed by atoms with E-state index in [-0.39, 0.29) is 40.3 Å². The molecule has 0 bridgehead atoms. The van der Waals surface area contributed by atoms with Crippen molar-refractivity contribution in [3.63, 3.8) is 0 Å². The van der Waals surface area contributed by atoms with E-state index in [0.717, 1.165) is 25.9 Å². The van der Waals surface area contributed by atoms with Crippen LogP contribution in [0.5, 0.6) is 17.6 Å². The van der Waals surface area contributed by atoms with Crippen molar-refractivity contribution in [1.82, 2.24) is 25.2 Å². The molecule has 3 aliphatic rings. The zero-order valence-corrected chi connectivity index (χ0v) is 23.1. The van der Waals surface area contributed by atoms with Gasteiger partial charge in [0.25, 0.3) is 0 Å². The number of piperazine rings is 1. The lowest BCUT2D eigenvalue weighted by atomic mass is 9.96. The van der Waals surface area contributed by atoms with Crippen molar-refractivity contribution in [2.45, 2.75) is 18.9 Å². The summed E-state index contributed by atoms with van der Waals surface area (Å²) >= 11 is 0. The van der Waals surface area contributed by atoms with E-state index in [1.165, 1.54) is 6.07 Å². The number of aromatic hydroxyl groups is 1. The van der Waals surface area contributed by atoms with E-state index in [9.17, 15) is 5.11 Å². The van der Waals surface area contributed by atoms with Gasteiger partial charge in [-0.2, -0.15) is 9.97 Å². The minimum absolute atomic E-state index is 0.00373. The first kappa shape index (κ1) is 25.7. The molecule has 1 saturated heterocycles. The molecule has 2 aliphatic heterocycles. The normalized spacial score (nSPS) is 19.0. The number of ether oxygens (including phenoxy) is 2. The molecule has 1 saturated carbocycles. The average Bonchev–Trinajstić information content (AvgIpc) is 3.75.